The summed E-state index contributed by atoms with van der Waals surface area (Å²) in [6.45, 7) is 24.8. The summed E-state index contributed by atoms with van der Waals surface area (Å²) in [6, 6.07) is 53.1. The third-order valence-corrected chi connectivity index (χ3v) is 25.4. The van der Waals surface area contributed by atoms with Crippen LogP contribution < -0.4 is 10.4 Å². The van der Waals surface area contributed by atoms with E-state index in [0.29, 0.717) is 5.41 Å². The minimum Gasteiger partial charge on any atom is -0.375 e. The van der Waals surface area contributed by atoms with Crippen LogP contribution in [0.1, 0.15) is 197 Å². The maximum atomic E-state index is 2.99. The van der Waals surface area contributed by atoms with Crippen molar-refractivity contribution in [2.24, 2.45) is 35.5 Å². The average molecular weight is 1090 g/mol. The highest BCUT2D eigenvalue weighted by Crippen LogP contribution is 2.65. The Morgan fingerprint density at radius 3 is 1.69 bits per heavy atom. The van der Waals surface area contributed by atoms with Gasteiger partial charge >= 0.3 is 6.85 Å². The van der Waals surface area contributed by atoms with Gasteiger partial charge in [-0.05, 0) is 286 Å². The molecule has 20 rings (SSSR count). The molecule has 2 aliphatic heterocycles. The number of fused-ring (bicyclic) bond motifs is 9. The van der Waals surface area contributed by atoms with Gasteiger partial charge in [0.1, 0.15) is 0 Å². The lowest BCUT2D eigenvalue weighted by molar-refractivity contribution is -0.00527. The van der Waals surface area contributed by atoms with Crippen molar-refractivity contribution in [2.45, 2.75) is 192 Å². The van der Waals surface area contributed by atoms with Crippen molar-refractivity contribution in [1.29, 1.82) is 0 Å². The maximum absolute atomic E-state index is 2.99. The minimum absolute atomic E-state index is 0.0283. The first-order valence-electron chi connectivity index (χ1n) is 33.1. The minimum atomic E-state index is -0.346. The number of benzene rings is 7. The number of rotatable bonds is 5. The molecule has 1 aromatic heterocycles. The van der Waals surface area contributed by atoms with Gasteiger partial charge in [0.15, 0.2) is 0 Å². The number of nitrogens with zero attached hydrogens (tertiary/aromatic N) is 2. The predicted octanol–water partition coefficient (Wildman–Crippen LogP) is 20.1. The Kier molecular flexibility index (Phi) is 9.98. The summed E-state index contributed by atoms with van der Waals surface area (Å²) >= 11 is 0. The zero-order chi connectivity index (χ0) is 56.2. The molecule has 418 valence electrons. The molecular weight excluding hydrogens is 1000 g/mol. The molecule has 2 nitrogen and oxygen atoms in total. The van der Waals surface area contributed by atoms with Crippen LogP contribution >= 0.6 is 0 Å². The van der Waals surface area contributed by atoms with Gasteiger partial charge in [-0.3, -0.25) is 0 Å². The lowest BCUT2D eigenvalue weighted by atomic mass is 9.43. The summed E-state index contributed by atoms with van der Waals surface area (Å²) in [6.07, 6.45) is 19.5. The van der Waals surface area contributed by atoms with Gasteiger partial charge in [0.05, 0.1) is 5.69 Å². The zero-order valence-corrected chi connectivity index (χ0v) is 51.5. The molecule has 0 amide bonds. The monoisotopic (exact) mass is 1080 g/mol. The molecule has 8 fully saturated rings. The van der Waals surface area contributed by atoms with Crippen LogP contribution in [-0.4, -0.2) is 11.3 Å². The van der Waals surface area contributed by atoms with Crippen LogP contribution in [0.25, 0.3) is 60.7 Å². The van der Waals surface area contributed by atoms with E-state index < -0.39 is 0 Å². The van der Waals surface area contributed by atoms with Gasteiger partial charge in [0, 0.05) is 49.7 Å². The van der Waals surface area contributed by atoms with Crippen LogP contribution in [0, 0.1) is 42.4 Å². The van der Waals surface area contributed by atoms with Gasteiger partial charge in [-0.1, -0.05) is 141 Å². The average Bonchev–Trinajstić information content (AvgIpc) is 1.61. The second-order valence-corrected chi connectivity index (χ2v) is 32.9. The van der Waals surface area contributed by atoms with Crippen LogP contribution in [0.5, 0.6) is 0 Å². The van der Waals surface area contributed by atoms with Crippen molar-refractivity contribution in [1.82, 2.24) is 4.48 Å². The van der Waals surface area contributed by atoms with Gasteiger partial charge < -0.3 is 9.38 Å². The van der Waals surface area contributed by atoms with Crippen LogP contribution in [0.4, 0.5) is 11.4 Å². The molecule has 10 aliphatic carbocycles. The van der Waals surface area contributed by atoms with Crippen molar-refractivity contribution in [3.63, 3.8) is 0 Å². The van der Waals surface area contributed by atoms with Crippen LogP contribution in [-0.2, 0) is 32.5 Å². The highest BCUT2D eigenvalue weighted by Gasteiger charge is 2.57. The Hall–Kier alpha value is -6.06. The lowest BCUT2D eigenvalue weighted by Crippen LogP contribution is -2.51. The summed E-state index contributed by atoms with van der Waals surface area (Å²) in [5, 5.41) is 3.05. The largest absolute Gasteiger partial charge is 0.375 e. The highest BCUT2D eigenvalue weighted by molar-refractivity contribution is 6.93. The molecule has 8 saturated carbocycles. The fourth-order valence-electron chi connectivity index (χ4n) is 22.0. The van der Waals surface area contributed by atoms with Gasteiger partial charge in [-0.15, -0.1) is 0 Å². The van der Waals surface area contributed by atoms with E-state index in [4.69, 9.17) is 0 Å². The smallest absolute Gasteiger partial charge is 0.333 e. The number of aromatic nitrogens is 1. The SMILES string of the molecule is Cc1ccccc1-c1cc2c3c(c1)N(c1ccc(C(C)(C)C)cc1-c1ccccc1)C1=C(B3n3c4ccc(C56CC7CC(CC(C7)C5)C6)cc4c4cc(C56CC7CC(CC(C7)C5)C6)cc-2c43)c2cc3c(cc2C1(C)C)C(C)(C)CCC3(C)C. The van der Waals surface area contributed by atoms with Gasteiger partial charge in [-0.25, -0.2) is 0 Å². The Morgan fingerprint density at radius 1 is 0.470 bits per heavy atom. The Labute approximate surface area is 495 Å². The highest BCUT2D eigenvalue weighted by atomic mass is 15.2. The number of hydrogen-bond acceptors (Lipinski definition) is 1. The van der Waals surface area contributed by atoms with Crippen molar-refractivity contribution in [2.75, 3.05) is 4.90 Å². The Morgan fingerprint density at radius 2 is 1.06 bits per heavy atom. The third kappa shape index (κ3) is 6.86. The van der Waals surface area contributed by atoms with E-state index in [-0.39, 0.29) is 33.9 Å². The summed E-state index contributed by atoms with van der Waals surface area (Å²) in [4.78, 5) is 2.87. The van der Waals surface area contributed by atoms with Crippen molar-refractivity contribution in [3.8, 4) is 33.4 Å². The molecule has 0 saturated heterocycles. The molecule has 7 aromatic carbocycles. The molecule has 0 spiro atoms. The number of aryl methyl sites for hydroxylation is 1. The summed E-state index contributed by atoms with van der Waals surface area (Å²) < 4.78 is 2.99. The quantitative estimate of drug-likeness (QED) is 0.156. The molecule has 3 heterocycles. The molecule has 8 aromatic rings. The van der Waals surface area contributed by atoms with Crippen molar-refractivity contribution >= 4 is 51.0 Å². The van der Waals surface area contributed by atoms with E-state index in [1.54, 1.807) is 22.3 Å². The number of allylic oxidation sites excluding steroid dienone is 1. The zero-order valence-electron chi connectivity index (χ0n) is 51.5. The first-order chi connectivity index (χ1) is 39.7. The van der Waals surface area contributed by atoms with E-state index in [1.807, 2.05) is 0 Å². The first kappa shape index (κ1) is 50.3. The van der Waals surface area contributed by atoms with Crippen molar-refractivity contribution < 1.29 is 0 Å². The van der Waals surface area contributed by atoms with Crippen LogP contribution in [0.3, 0.4) is 0 Å². The number of anilines is 2. The fourth-order valence-corrected chi connectivity index (χ4v) is 22.0. The molecule has 8 bridgehead atoms. The van der Waals surface area contributed by atoms with Crippen LogP contribution in [0.15, 0.2) is 133 Å². The van der Waals surface area contributed by atoms with Crippen molar-refractivity contribution in [3.05, 3.63) is 178 Å². The molecule has 0 N–H and O–H groups in total. The van der Waals surface area contributed by atoms with E-state index in [0.717, 1.165) is 35.5 Å². The predicted molar refractivity (Wildman–Crippen MR) is 350 cm³/mol. The molecule has 0 unspecified atom stereocenters. The van der Waals surface area contributed by atoms with E-state index >= 15 is 0 Å². The molecule has 0 atom stereocenters. The number of hydrogen-bond donors (Lipinski definition) is 0. The fraction of sp³-hybridized carbons (Fsp3) is 0.450. The Balaban J connectivity index is 0.998. The second-order valence-electron chi connectivity index (χ2n) is 32.9. The molecule has 83 heavy (non-hydrogen) atoms. The van der Waals surface area contributed by atoms with E-state index in [2.05, 4.69) is 206 Å². The summed E-state index contributed by atoms with van der Waals surface area (Å²) in [5.41, 5.74) is 30.6. The standard InChI is InChI=1S/C80H85BN2/c1-46-16-14-15-19-58(46)54-32-61-63-37-57(80-43-50-29-51(44-80)31-52(30-50)45-80)36-62-60-35-56(79-40-47-26-48(41-79)28-49(27-47)42-79)21-23-69(60)83(73(62)63)81-71(61)70(33-54)82(68-22-20-55(75(2,3)4)34-59(68)53-17-12-11-13-18-53)74-72(81)64-38-66-67(39-65(64)78(74,9)10)77(7,8)25-24-76(66,5)6/h11-23,32-39,47-52H,24-31,40-45H2,1-10H3. The second kappa shape index (κ2) is 16.5. The Bertz CT molecular complexity index is 4130. The van der Waals surface area contributed by atoms with Gasteiger partial charge in [0.2, 0.25) is 0 Å². The topological polar surface area (TPSA) is 8.17 Å². The summed E-state index contributed by atoms with van der Waals surface area (Å²) in [7, 11) is 0. The lowest BCUT2D eigenvalue weighted by Gasteiger charge is -2.57. The van der Waals surface area contributed by atoms with Crippen LogP contribution in [0.2, 0.25) is 0 Å². The van der Waals surface area contributed by atoms with Gasteiger partial charge in [0.25, 0.3) is 0 Å². The van der Waals surface area contributed by atoms with E-state index in [1.165, 1.54) is 195 Å². The molecule has 0 radical (unpaired) electrons. The molecule has 12 aliphatic rings. The normalized spacial score (nSPS) is 29.4. The molecule has 3 heteroatoms. The first-order valence-corrected chi connectivity index (χ1v) is 33.1. The third-order valence-electron chi connectivity index (χ3n) is 25.4. The maximum Gasteiger partial charge on any atom is 0.333 e. The van der Waals surface area contributed by atoms with Gasteiger partial charge in [-0.2, -0.15) is 0 Å². The summed E-state index contributed by atoms with van der Waals surface area (Å²) in [5.74, 6) is 5.31. The van der Waals surface area contributed by atoms with E-state index in [9.17, 15) is 0 Å². The molecular formula is C80H85BN2.